The van der Waals surface area contributed by atoms with Crippen LogP contribution in [0.5, 0.6) is 0 Å². The number of anilines is 1. The maximum Gasteiger partial charge on any atom is 0.260 e. The number of nitrogens with one attached hydrogen (secondary N) is 1. The number of halogens is 2. The lowest BCUT2D eigenvalue weighted by atomic mass is 10.2. The number of nitrogens with zero attached hydrogens (tertiary/aromatic N) is 2. The fourth-order valence-corrected chi connectivity index (χ4v) is 3.97. The van der Waals surface area contributed by atoms with E-state index in [1.807, 2.05) is 5.38 Å². The van der Waals surface area contributed by atoms with Crippen molar-refractivity contribution >= 4 is 38.3 Å². The smallest absolute Gasteiger partial charge is 0.260 e. The summed E-state index contributed by atoms with van der Waals surface area (Å²) in [7, 11) is 0. The number of ether oxygens (including phenoxy) is 1. The van der Waals surface area contributed by atoms with E-state index in [-0.39, 0.29) is 17.8 Å². The van der Waals surface area contributed by atoms with Crippen LogP contribution < -0.4 is 5.32 Å². The van der Waals surface area contributed by atoms with Gasteiger partial charge in [-0.2, -0.15) is 0 Å². The molecule has 2 atom stereocenters. The van der Waals surface area contributed by atoms with Gasteiger partial charge in [-0.25, -0.2) is 9.37 Å². The summed E-state index contributed by atoms with van der Waals surface area (Å²) in [5.41, 5.74) is 0.873. The number of thiazole rings is 1. The van der Waals surface area contributed by atoms with Gasteiger partial charge in [0.15, 0.2) is 5.13 Å². The lowest BCUT2D eigenvalue weighted by molar-refractivity contribution is -0.0707. The Morgan fingerprint density at radius 2 is 2.16 bits per heavy atom. The first-order valence-corrected chi connectivity index (χ1v) is 9.66. The number of hydrogen-bond acceptors (Lipinski definition) is 5. The van der Waals surface area contributed by atoms with Gasteiger partial charge in [0, 0.05) is 29.5 Å². The largest absolute Gasteiger partial charge is 0.373 e. The Kier molecular flexibility index (Phi) is 5.83. The topological polar surface area (TPSA) is 54.5 Å². The number of amides is 1. The highest BCUT2D eigenvalue weighted by Crippen LogP contribution is 2.21. The van der Waals surface area contributed by atoms with Crippen LogP contribution in [0.3, 0.4) is 0 Å². The van der Waals surface area contributed by atoms with Crippen LogP contribution in [0.1, 0.15) is 29.9 Å². The van der Waals surface area contributed by atoms with Crippen molar-refractivity contribution in [2.24, 2.45) is 0 Å². The van der Waals surface area contributed by atoms with E-state index in [1.165, 1.54) is 23.5 Å². The van der Waals surface area contributed by atoms with Crippen molar-refractivity contribution in [1.29, 1.82) is 0 Å². The number of rotatable bonds is 4. The third-order valence-electron chi connectivity index (χ3n) is 3.83. The molecule has 5 nitrogen and oxygen atoms in total. The number of morpholine rings is 1. The van der Waals surface area contributed by atoms with Crippen molar-refractivity contribution < 1.29 is 13.9 Å². The molecule has 2 unspecified atom stereocenters. The van der Waals surface area contributed by atoms with Crippen molar-refractivity contribution in [2.75, 3.05) is 18.4 Å². The summed E-state index contributed by atoms with van der Waals surface area (Å²) in [6.07, 6.45) is 0.391. The summed E-state index contributed by atoms with van der Waals surface area (Å²) in [5, 5.41) is 5.05. The summed E-state index contributed by atoms with van der Waals surface area (Å²) in [4.78, 5) is 19.0. The summed E-state index contributed by atoms with van der Waals surface area (Å²) in [6.45, 7) is 6.53. The summed E-state index contributed by atoms with van der Waals surface area (Å²) in [5.74, 6) is -1.07. The van der Waals surface area contributed by atoms with Gasteiger partial charge in [-0.3, -0.25) is 15.0 Å². The SMILES string of the molecule is CC1CN(Cc2csc(NC(=O)c3cc(Br)ccc3F)n2)CC(C)O1. The van der Waals surface area contributed by atoms with E-state index < -0.39 is 11.7 Å². The molecule has 0 spiro atoms. The van der Waals surface area contributed by atoms with Gasteiger partial charge in [0.25, 0.3) is 5.91 Å². The fourth-order valence-electron chi connectivity index (χ4n) is 2.92. The summed E-state index contributed by atoms with van der Waals surface area (Å²) in [6, 6.07) is 4.26. The minimum atomic E-state index is -0.561. The average Bonchev–Trinajstić information content (AvgIpc) is 2.95. The Labute approximate surface area is 158 Å². The van der Waals surface area contributed by atoms with Gasteiger partial charge in [0.1, 0.15) is 5.82 Å². The van der Waals surface area contributed by atoms with Crippen LogP contribution in [-0.4, -0.2) is 41.1 Å². The van der Waals surface area contributed by atoms with E-state index in [0.717, 1.165) is 18.8 Å². The number of carbonyl (C=O) groups excluding carboxylic acids is 1. The minimum absolute atomic E-state index is 0.0121. The van der Waals surface area contributed by atoms with Crippen molar-refractivity contribution in [3.63, 3.8) is 0 Å². The van der Waals surface area contributed by atoms with Gasteiger partial charge in [0.05, 0.1) is 23.5 Å². The molecular formula is C17H19BrFN3O2S. The third-order valence-corrected chi connectivity index (χ3v) is 5.13. The molecule has 1 aromatic carbocycles. The molecule has 2 aromatic rings. The van der Waals surface area contributed by atoms with Crippen LogP contribution in [0.15, 0.2) is 28.1 Å². The lowest BCUT2D eigenvalue weighted by Gasteiger charge is -2.34. The predicted molar refractivity (Wildman–Crippen MR) is 99.5 cm³/mol. The molecule has 1 aromatic heterocycles. The quantitative estimate of drug-likeness (QED) is 0.803. The van der Waals surface area contributed by atoms with Crippen molar-refractivity contribution in [2.45, 2.75) is 32.6 Å². The van der Waals surface area contributed by atoms with Gasteiger partial charge in [-0.1, -0.05) is 15.9 Å². The molecule has 0 saturated carbocycles. The van der Waals surface area contributed by atoms with E-state index in [1.54, 1.807) is 6.07 Å². The predicted octanol–water partition coefficient (Wildman–Crippen LogP) is 3.91. The molecule has 2 heterocycles. The number of aromatic nitrogens is 1. The second-order valence-corrected chi connectivity index (χ2v) is 7.95. The zero-order valence-electron chi connectivity index (χ0n) is 14.0. The molecule has 0 radical (unpaired) electrons. The molecule has 3 rings (SSSR count). The van der Waals surface area contributed by atoms with Gasteiger partial charge in [-0.15, -0.1) is 11.3 Å². The van der Waals surface area contributed by atoms with Crippen molar-refractivity contribution in [3.05, 3.63) is 45.1 Å². The second-order valence-electron chi connectivity index (χ2n) is 6.17. The maximum absolute atomic E-state index is 13.8. The molecule has 0 bridgehead atoms. The Hall–Kier alpha value is -1.35. The van der Waals surface area contributed by atoms with Crippen LogP contribution >= 0.6 is 27.3 Å². The summed E-state index contributed by atoms with van der Waals surface area (Å²) < 4.78 is 20.2. The monoisotopic (exact) mass is 427 g/mol. The van der Waals surface area contributed by atoms with Crippen LogP contribution in [-0.2, 0) is 11.3 Å². The van der Waals surface area contributed by atoms with E-state index in [4.69, 9.17) is 4.74 Å². The molecule has 1 saturated heterocycles. The maximum atomic E-state index is 13.8. The Morgan fingerprint density at radius 3 is 2.88 bits per heavy atom. The average molecular weight is 428 g/mol. The fraction of sp³-hybridized carbons (Fsp3) is 0.412. The molecule has 1 amide bonds. The molecule has 1 aliphatic heterocycles. The van der Waals surface area contributed by atoms with Gasteiger partial charge in [-0.05, 0) is 32.0 Å². The third kappa shape index (κ3) is 4.84. The van der Waals surface area contributed by atoms with E-state index in [9.17, 15) is 9.18 Å². The van der Waals surface area contributed by atoms with Crippen molar-refractivity contribution in [1.82, 2.24) is 9.88 Å². The molecule has 0 aliphatic carbocycles. The molecular weight excluding hydrogens is 409 g/mol. The number of benzene rings is 1. The second kappa shape index (κ2) is 7.90. The van der Waals surface area contributed by atoms with Crippen LogP contribution in [0.25, 0.3) is 0 Å². The molecule has 134 valence electrons. The van der Waals surface area contributed by atoms with E-state index in [0.29, 0.717) is 16.1 Å². The Morgan fingerprint density at radius 1 is 1.44 bits per heavy atom. The minimum Gasteiger partial charge on any atom is -0.373 e. The van der Waals surface area contributed by atoms with Crippen molar-refractivity contribution in [3.8, 4) is 0 Å². The van der Waals surface area contributed by atoms with E-state index >= 15 is 0 Å². The molecule has 25 heavy (non-hydrogen) atoms. The number of carbonyl (C=O) groups is 1. The first-order chi connectivity index (χ1) is 11.9. The zero-order chi connectivity index (χ0) is 18.0. The highest BCUT2D eigenvalue weighted by Gasteiger charge is 2.23. The molecule has 1 N–H and O–H groups in total. The Balaban J connectivity index is 1.63. The normalized spacial score (nSPS) is 21.3. The molecule has 8 heteroatoms. The highest BCUT2D eigenvalue weighted by atomic mass is 79.9. The molecule has 1 aliphatic rings. The highest BCUT2D eigenvalue weighted by molar-refractivity contribution is 9.10. The van der Waals surface area contributed by atoms with Gasteiger partial charge >= 0.3 is 0 Å². The summed E-state index contributed by atoms with van der Waals surface area (Å²) >= 11 is 4.58. The van der Waals surface area contributed by atoms with E-state index in [2.05, 4.69) is 45.0 Å². The van der Waals surface area contributed by atoms with Crippen LogP contribution in [0, 0.1) is 5.82 Å². The Bertz CT molecular complexity index is 760. The first-order valence-electron chi connectivity index (χ1n) is 7.99. The van der Waals surface area contributed by atoms with Gasteiger partial charge < -0.3 is 4.74 Å². The standard InChI is InChI=1S/C17H19BrFN3O2S/c1-10-6-22(7-11(2)24-10)8-13-9-25-17(20-13)21-16(23)14-5-12(18)3-4-15(14)19/h3-5,9-11H,6-8H2,1-2H3,(H,20,21,23). The zero-order valence-corrected chi connectivity index (χ0v) is 16.4. The lowest BCUT2D eigenvalue weighted by Crippen LogP contribution is -2.44. The molecule has 1 fully saturated rings. The number of hydrogen-bond donors (Lipinski definition) is 1. The van der Waals surface area contributed by atoms with Gasteiger partial charge in [0.2, 0.25) is 0 Å². The first kappa shape index (κ1) is 18.4. The van der Waals surface area contributed by atoms with Crippen LogP contribution in [0.4, 0.5) is 9.52 Å². The van der Waals surface area contributed by atoms with Crippen LogP contribution in [0.2, 0.25) is 0 Å².